The first-order valence-electron chi connectivity index (χ1n) is 7.56. The van der Waals surface area contributed by atoms with E-state index < -0.39 is 41.6 Å². The van der Waals surface area contributed by atoms with E-state index in [4.69, 9.17) is 4.74 Å². The second-order valence-electron chi connectivity index (χ2n) is 6.29. The first kappa shape index (κ1) is 17.2. The summed E-state index contributed by atoms with van der Waals surface area (Å²) in [5.41, 5.74) is -0.871. The minimum atomic E-state index is -4.39. The molecule has 2 unspecified atom stereocenters. The van der Waals surface area contributed by atoms with Crippen LogP contribution in [0, 0.1) is 11.7 Å². The predicted molar refractivity (Wildman–Crippen MR) is 75.5 cm³/mol. The molecule has 1 N–H and O–H groups in total. The van der Waals surface area contributed by atoms with E-state index >= 15 is 0 Å². The summed E-state index contributed by atoms with van der Waals surface area (Å²) in [6.07, 6.45) is -5.61. The van der Waals surface area contributed by atoms with Crippen LogP contribution >= 0.6 is 0 Å². The van der Waals surface area contributed by atoms with E-state index in [1.54, 1.807) is 6.07 Å². The number of esters is 1. The van der Waals surface area contributed by atoms with Gasteiger partial charge in [0.05, 0.1) is 12.7 Å². The summed E-state index contributed by atoms with van der Waals surface area (Å²) in [4.78, 5) is 11.9. The third-order valence-corrected chi connectivity index (χ3v) is 4.68. The van der Waals surface area contributed by atoms with Crippen LogP contribution in [0.4, 0.5) is 17.6 Å². The van der Waals surface area contributed by atoms with Gasteiger partial charge >= 0.3 is 12.1 Å². The van der Waals surface area contributed by atoms with Crippen molar-refractivity contribution >= 4 is 5.97 Å². The smallest absolute Gasteiger partial charge is 0.414 e. The van der Waals surface area contributed by atoms with Gasteiger partial charge in [-0.05, 0) is 24.8 Å². The van der Waals surface area contributed by atoms with Gasteiger partial charge in [0.25, 0.3) is 0 Å². The number of ether oxygens (including phenoxy) is 2. The Morgan fingerprint density at radius 3 is 2.62 bits per heavy atom. The highest BCUT2D eigenvalue weighted by Gasteiger charge is 2.65. The van der Waals surface area contributed by atoms with Crippen LogP contribution in [0.3, 0.4) is 0 Å². The summed E-state index contributed by atoms with van der Waals surface area (Å²) in [6.45, 7) is 0.0180. The largest absolute Gasteiger partial charge is 0.468 e. The molecule has 2 heterocycles. The zero-order chi connectivity index (χ0) is 17.5. The molecule has 132 valence electrons. The lowest BCUT2D eigenvalue weighted by Gasteiger charge is -2.36. The number of halogens is 4. The number of fused-ring (bicyclic) bond motifs is 1. The van der Waals surface area contributed by atoms with Crippen molar-refractivity contribution in [3.8, 4) is 0 Å². The van der Waals surface area contributed by atoms with Gasteiger partial charge in [0, 0.05) is 12.1 Å². The third-order valence-electron chi connectivity index (χ3n) is 4.68. The molecule has 1 saturated carbocycles. The van der Waals surface area contributed by atoms with E-state index in [0.717, 1.165) is 0 Å². The Labute approximate surface area is 136 Å². The van der Waals surface area contributed by atoms with Crippen LogP contribution < -0.4 is 5.32 Å². The monoisotopic (exact) mass is 347 g/mol. The highest BCUT2D eigenvalue weighted by Crippen LogP contribution is 2.56. The van der Waals surface area contributed by atoms with Crippen molar-refractivity contribution in [3.05, 3.63) is 35.6 Å². The first-order valence-corrected chi connectivity index (χ1v) is 7.56. The number of nitrogens with one attached hydrogen (secondary N) is 1. The van der Waals surface area contributed by atoms with Gasteiger partial charge in [-0.1, -0.05) is 18.2 Å². The molecule has 1 aliphatic carbocycles. The van der Waals surface area contributed by atoms with Crippen molar-refractivity contribution in [2.24, 2.45) is 5.92 Å². The summed E-state index contributed by atoms with van der Waals surface area (Å²) in [7, 11) is 1.17. The summed E-state index contributed by atoms with van der Waals surface area (Å²) >= 11 is 0. The summed E-state index contributed by atoms with van der Waals surface area (Å²) in [6, 6.07) is 4.59. The van der Waals surface area contributed by atoms with Gasteiger partial charge in [-0.25, -0.2) is 9.18 Å². The highest BCUT2D eigenvalue weighted by atomic mass is 19.4. The Kier molecular flexibility index (Phi) is 4.29. The molecule has 0 aromatic heterocycles. The fourth-order valence-corrected chi connectivity index (χ4v) is 3.53. The predicted octanol–water partition coefficient (Wildman–Crippen LogP) is 2.74. The maximum Gasteiger partial charge on any atom is 0.414 e. The second-order valence-corrected chi connectivity index (χ2v) is 6.29. The fourth-order valence-electron chi connectivity index (χ4n) is 3.53. The molecule has 2 aliphatic heterocycles. The molecular formula is C16H17F4NO3. The molecule has 0 spiro atoms. The van der Waals surface area contributed by atoms with Crippen LogP contribution in [0.1, 0.15) is 24.4 Å². The Morgan fingerprint density at radius 1 is 1.42 bits per heavy atom. The normalized spacial score (nSPS) is 29.9. The molecule has 1 aromatic rings. The molecule has 0 amide bonds. The number of carbonyl (C=O) groups excluding carboxylic acids is 1. The van der Waals surface area contributed by atoms with Gasteiger partial charge in [0.1, 0.15) is 11.9 Å². The molecule has 24 heavy (non-hydrogen) atoms. The van der Waals surface area contributed by atoms with E-state index in [2.05, 4.69) is 10.1 Å². The highest BCUT2D eigenvalue weighted by molar-refractivity contribution is 5.77. The maximum absolute atomic E-state index is 13.9. The van der Waals surface area contributed by atoms with Gasteiger partial charge in [-0.3, -0.25) is 5.32 Å². The van der Waals surface area contributed by atoms with E-state index in [0.29, 0.717) is 0 Å². The second kappa shape index (κ2) is 6.00. The van der Waals surface area contributed by atoms with E-state index in [9.17, 15) is 22.4 Å². The molecule has 3 fully saturated rings. The van der Waals surface area contributed by atoms with E-state index in [1.165, 1.54) is 25.3 Å². The standard InChI is InChI=1S/C16H17F4NO3/c1-23-14(22)12(10-4-2-3-5-11(10)17)21-8-15-6-9(7-15)13(24-15)16(18,19)20/h2-5,9,12-13,21H,6-8H2,1H3. The van der Waals surface area contributed by atoms with E-state index in [1.807, 2.05) is 0 Å². The molecule has 2 atom stereocenters. The maximum atomic E-state index is 13.9. The van der Waals surface area contributed by atoms with Crippen molar-refractivity contribution in [1.82, 2.24) is 5.32 Å². The van der Waals surface area contributed by atoms with Crippen molar-refractivity contribution < 1.29 is 31.8 Å². The van der Waals surface area contributed by atoms with E-state index in [-0.39, 0.29) is 24.9 Å². The lowest BCUT2D eigenvalue weighted by Crippen LogP contribution is -2.48. The topological polar surface area (TPSA) is 47.6 Å². The van der Waals surface area contributed by atoms with Crippen molar-refractivity contribution in [3.63, 3.8) is 0 Å². The molecule has 4 rings (SSSR count). The van der Waals surface area contributed by atoms with Crippen LogP contribution in [-0.2, 0) is 14.3 Å². The number of methoxy groups -OCH3 is 1. The van der Waals surface area contributed by atoms with Crippen LogP contribution in [0.2, 0.25) is 0 Å². The molecule has 4 nitrogen and oxygen atoms in total. The average Bonchev–Trinajstić information content (AvgIpc) is 3.04. The molecular weight excluding hydrogens is 330 g/mol. The number of carbonyl (C=O) groups is 1. The molecule has 8 heteroatoms. The van der Waals surface area contributed by atoms with Gasteiger partial charge < -0.3 is 9.47 Å². The van der Waals surface area contributed by atoms with Gasteiger partial charge in [0.2, 0.25) is 0 Å². The third kappa shape index (κ3) is 3.00. The van der Waals surface area contributed by atoms with Gasteiger partial charge in [-0.2, -0.15) is 13.2 Å². The Morgan fingerprint density at radius 2 is 2.08 bits per heavy atom. The Hall–Kier alpha value is -1.67. The minimum Gasteiger partial charge on any atom is -0.468 e. The number of hydrogen-bond acceptors (Lipinski definition) is 4. The Balaban J connectivity index is 1.70. The number of rotatable bonds is 5. The fraction of sp³-hybridized carbons (Fsp3) is 0.562. The molecule has 2 saturated heterocycles. The van der Waals surface area contributed by atoms with Crippen LogP contribution in [0.15, 0.2) is 24.3 Å². The summed E-state index contributed by atoms with van der Waals surface area (Å²) < 4.78 is 62.3. The number of hydrogen-bond donors (Lipinski definition) is 1. The minimum absolute atomic E-state index is 0.0180. The van der Waals surface area contributed by atoms with Gasteiger partial charge in [-0.15, -0.1) is 0 Å². The van der Waals surface area contributed by atoms with Crippen LogP contribution in [0.5, 0.6) is 0 Å². The zero-order valence-corrected chi connectivity index (χ0v) is 12.9. The first-order chi connectivity index (χ1) is 11.3. The quantitative estimate of drug-likeness (QED) is 0.657. The SMILES string of the molecule is COC(=O)C(NCC12CC(C1)C(C(F)(F)F)O2)c1ccccc1F. The molecule has 3 aliphatic rings. The van der Waals surface area contributed by atoms with Crippen LogP contribution in [0.25, 0.3) is 0 Å². The lowest BCUT2D eigenvalue weighted by atomic mass is 9.72. The Bertz CT molecular complexity index is 628. The van der Waals surface area contributed by atoms with Crippen molar-refractivity contribution in [1.29, 1.82) is 0 Å². The van der Waals surface area contributed by atoms with Crippen molar-refractivity contribution in [2.45, 2.75) is 36.8 Å². The summed E-state index contributed by atoms with van der Waals surface area (Å²) in [5.74, 6) is -1.85. The number of alkyl halides is 3. The molecule has 0 radical (unpaired) electrons. The average molecular weight is 347 g/mol. The van der Waals surface area contributed by atoms with Crippen molar-refractivity contribution in [2.75, 3.05) is 13.7 Å². The molecule has 2 bridgehead atoms. The number of benzene rings is 1. The zero-order valence-electron chi connectivity index (χ0n) is 12.9. The van der Waals surface area contributed by atoms with Gasteiger partial charge in [0.15, 0.2) is 6.10 Å². The van der Waals surface area contributed by atoms with Crippen LogP contribution in [-0.4, -0.2) is 37.5 Å². The molecule has 1 aromatic carbocycles. The lowest BCUT2D eigenvalue weighted by molar-refractivity contribution is -0.216. The summed E-state index contributed by atoms with van der Waals surface area (Å²) in [5, 5.41) is 2.81.